The molecule has 1 saturated carbocycles. The molecule has 0 aromatic heterocycles. The Bertz CT molecular complexity index is 278. The van der Waals surface area contributed by atoms with Crippen LogP contribution in [0.2, 0.25) is 0 Å². The molecule has 0 saturated heterocycles. The van der Waals surface area contributed by atoms with Crippen LogP contribution in [0.1, 0.15) is 26.2 Å². The fourth-order valence-electron chi connectivity index (χ4n) is 2.09. The normalized spacial score (nSPS) is 31.4. The lowest BCUT2D eigenvalue weighted by atomic mass is 9.77. The van der Waals surface area contributed by atoms with Crippen molar-refractivity contribution in [1.29, 1.82) is 0 Å². The maximum absolute atomic E-state index is 10.2. The summed E-state index contributed by atoms with van der Waals surface area (Å²) in [6.45, 7) is 2.56. The maximum atomic E-state index is 10.2. The molecular weight excluding hydrogens is 180 g/mol. The van der Waals surface area contributed by atoms with Crippen LogP contribution in [0.5, 0.6) is 0 Å². The van der Waals surface area contributed by atoms with E-state index in [2.05, 4.69) is 16.9 Å². The third-order valence-corrected chi connectivity index (χ3v) is 3.03. The second-order valence-electron chi connectivity index (χ2n) is 3.77. The van der Waals surface area contributed by atoms with Crippen molar-refractivity contribution in [3.63, 3.8) is 0 Å². The molecule has 4 nitrogen and oxygen atoms in total. The van der Waals surface area contributed by atoms with Crippen molar-refractivity contribution in [2.24, 2.45) is 21.8 Å². The second-order valence-corrected chi connectivity index (χ2v) is 3.77. The topological polar surface area (TPSA) is 58.9 Å². The molecule has 1 rings (SSSR count). The zero-order valence-corrected chi connectivity index (χ0v) is 8.27. The molecule has 0 heterocycles. The highest BCUT2D eigenvalue weighted by atomic mass is 16.1. The first-order valence-electron chi connectivity index (χ1n) is 4.90. The monoisotopic (exact) mass is 194 g/mol. The quantitative estimate of drug-likeness (QED) is 0.504. The Morgan fingerprint density at radius 2 is 2.07 bits per heavy atom. The first kappa shape index (κ1) is 10.8. The van der Waals surface area contributed by atoms with Crippen LogP contribution in [-0.2, 0) is 9.59 Å². The van der Waals surface area contributed by atoms with Gasteiger partial charge in [-0.1, -0.05) is 13.3 Å². The van der Waals surface area contributed by atoms with Gasteiger partial charge >= 0.3 is 0 Å². The molecule has 3 unspecified atom stereocenters. The van der Waals surface area contributed by atoms with Gasteiger partial charge in [0.2, 0.25) is 12.2 Å². The van der Waals surface area contributed by atoms with Crippen LogP contribution in [0.25, 0.3) is 0 Å². The van der Waals surface area contributed by atoms with E-state index < -0.39 is 0 Å². The summed E-state index contributed by atoms with van der Waals surface area (Å²) in [6, 6.07) is 0.0631. The lowest BCUT2D eigenvalue weighted by Crippen LogP contribution is -2.30. The molecule has 1 aliphatic rings. The van der Waals surface area contributed by atoms with Crippen molar-refractivity contribution in [3.8, 4) is 0 Å². The number of nitrogens with zero attached hydrogens (tertiary/aromatic N) is 2. The Labute approximate surface area is 83.1 Å². The Morgan fingerprint density at radius 1 is 1.29 bits per heavy atom. The molecule has 0 spiro atoms. The second kappa shape index (κ2) is 5.48. The molecule has 0 aromatic carbocycles. The van der Waals surface area contributed by atoms with E-state index in [1.54, 1.807) is 12.2 Å². The van der Waals surface area contributed by atoms with Gasteiger partial charge in [-0.05, 0) is 24.7 Å². The van der Waals surface area contributed by atoms with E-state index in [-0.39, 0.29) is 6.04 Å². The molecule has 0 aromatic rings. The van der Waals surface area contributed by atoms with E-state index >= 15 is 0 Å². The van der Waals surface area contributed by atoms with E-state index in [4.69, 9.17) is 0 Å². The van der Waals surface area contributed by atoms with Crippen molar-refractivity contribution < 1.29 is 9.59 Å². The third-order valence-electron chi connectivity index (χ3n) is 3.03. The van der Waals surface area contributed by atoms with Crippen molar-refractivity contribution in [2.45, 2.75) is 32.2 Å². The lowest BCUT2D eigenvalue weighted by molar-refractivity contribution is 0.230. The average Bonchev–Trinajstić information content (AvgIpc) is 2.20. The minimum atomic E-state index is 0.0631. The molecule has 1 aliphatic carbocycles. The van der Waals surface area contributed by atoms with Crippen molar-refractivity contribution in [1.82, 2.24) is 0 Å². The Balaban J connectivity index is 2.60. The van der Waals surface area contributed by atoms with E-state index in [9.17, 15) is 9.59 Å². The number of hydrogen-bond acceptors (Lipinski definition) is 4. The lowest BCUT2D eigenvalue weighted by Gasteiger charge is -2.31. The van der Waals surface area contributed by atoms with Gasteiger partial charge in [0.25, 0.3) is 0 Å². The minimum Gasteiger partial charge on any atom is -0.211 e. The minimum absolute atomic E-state index is 0.0631. The highest BCUT2D eigenvalue weighted by Crippen LogP contribution is 2.31. The maximum Gasteiger partial charge on any atom is 0.235 e. The van der Waals surface area contributed by atoms with Gasteiger partial charge in [0, 0.05) is 0 Å². The largest absolute Gasteiger partial charge is 0.235 e. The smallest absolute Gasteiger partial charge is 0.211 e. The van der Waals surface area contributed by atoms with Crippen LogP contribution in [0.3, 0.4) is 0 Å². The molecule has 76 valence electrons. The average molecular weight is 194 g/mol. The summed E-state index contributed by atoms with van der Waals surface area (Å²) < 4.78 is 0. The van der Waals surface area contributed by atoms with Crippen LogP contribution >= 0.6 is 0 Å². The number of isocyanates is 2. The molecule has 0 aliphatic heterocycles. The van der Waals surface area contributed by atoms with Crippen molar-refractivity contribution in [3.05, 3.63) is 0 Å². The molecule has 0 bridgehead atoms. The molecule has 1 fully saturated rings. The molecule has 0 amide bonds. The highest BCUT2D eigenvalue weighted by Gasteiger charge is 2.29. The zero-order chi connectivity index (χ0) is 10.4. The van der Waals surface area contributed by atoms with Crippen LogP contribution in [0, 0.1) is 11.8 Å². The Kier molecular flexibility index (Phi) is 4.24. The summed E-state index contributed by atoms with van der Waals surface area (Å²) in [6.07, 6.45) is 6.20. The summed E-state index contributed by atoms with van der Waals surface area (Å²) in [5.74, 6) is 0.662. The Morgan fingerprint density at radius 3 is 2.71 bits per heavy atom. The van der Waals surface area contributed by atoms with Gasteiger partial charge in [0.05, 0.1) is 12.6 Å². The van der Waals surface area contributed by atoms with Gasteiger partial charge < -0.3 is 0 Å². The Hall–Kier alpha value is -1.24. The van der Waals surface area contributed by atoms with Gasteiger partial charge in [-0.15, -0.1) is 0 Å². The first-order chi connectivity index (χ1) is 6.79. The molecule has 4 heteroatoms. The van der Waals surface area contributed by atoms with Crippen LogP contribution in [0.4, 0.5) is 0 Å². The van der Waals surface area contributed by atoms with Gasteiger partial charge in [-0.2, -0.15) is 0 Å². The van der Waals surface area contributed by atoms with E-state index in [0.717, 1.165) is 19.3 Å². The predicted molar refractivity (Wildman–Crippen MR) is 51.4 cm³/mol. The summed E-state index contributed by atoms with van der Waals surface area (Å²) in [5, 5.41) is 0. The standard InChI is InChI=1S/C10H14N2O2/c1-8-9(5-11-6-13)3-2-4-10(8)12-7-14/h8-10H,2-5H2,1H3. The van der Waals surface area contributed by atoms with Gasteiger partial charge in [0.15, 0.2) is 0 Å². The van der Waals surface area contributed by atoms with E-state index in [1.165, 1.54) is 0 Å². The van der Waals surface area contributed by atoms with E-state index in [0.29, 0.717) is 18.4 Å². The number of carbonyl (C=O) groups excluding carboxylic acids is 2. The molecule has 0 N–H and O–H groups in total. The fraction of sp³-hybridized carbons (Fsp3) is 0.800. The van der Waals surface area contributed by atoms with Gasteiger partial charge in [0.1, 0.15) is 0 Å². The SMILES string of the molecule is CC1C(CN=C=O)CCCC1N=C=O. The van der Waals surface area contributed by atoms with Crippen molar-refractivity contribution >= 4 is 12.2 Å². The number of aliphatic imine (C=N–C) groups is 2. The molecule has 0 radical (unpaired) electrons. The molecular formula is C10H14N2O2. The fourth-order valence-corrected chi connectivity index (χ4v) is 2.09. The number of rotatable bonds is 3. The molecule has 14 heavy (non-hydrogen) atoms. The van der Waals surface area contributed by atoms with Gasteiger partial charge in [-0.25, -0.2) is 19.6 Å². The summed E-state index contributed by atoms with van der Waals surface area (Å²) in [7, 11) is 0. The molecule has 3 atom stereocenters. The number of hydrogen-bond donors (Lipinski definition) is 0. The predicted octanol–water partition coefficient (Wildman–Crippen LogP) is 1.46. The third kappa shape index (κ3) is 2.63. The zero-order valence-electron chi connectivity index (χ0n) is 8.27. The van der Waals surface area contributed by atoms with Crippen molar-refractivity contribution in [2.75, 3.05) is 6.54 Å². The summed E-state index contributed by atoms with van der Waals surface area (Å²) in [5.41, 5.74) is 0. The van der Waals surface area contributed by atoms with E-state index in [1.807, 2.05) is 0 Å². The first-order valence-corrected chi connectivity index (χ1v) is 4.90. The summed E-state index contributed by atoms with van der Waals surface area (Å²) in [4.78, 5) is 27.5. The van der Waals surface area contributed by atoms with Crippen LogP contribution < -0.4 is 0 Å². The summed E-state index contributed by atoms with van der Waals surface area (Å²) >= 11 is 0. The highest BCUT2D eigenvalue weighted by molar-refractivity contribution is 5.34. The van der Waals surface area contributed by atoms with Crippen LogP contribution in [-0.4, -0.2) is 24.7 Å². The van der Waals surface area contributed by atoms with Gasteiger partial charge in [-0.3, -0.25) is 0 Å². The van der Waals surface area contributed by atoms with Crippen LogP contribution in [0.15, 0.2) is 9.98 Å².